The van der Waals surface area contributed by atoms with Gasteiger partial charge in [0.2, 0.25) is 0 Å². The Kier molecular flexibility index (Phi) is 3.83. The molecule has 0 radical (unpaired) electrons. The van der Waals surface area contributed by atoms with Crippen molar-refractivity contribution in [3.63, 3.8) is 0 Å². The molecule has 0 aliphatic rings. The highest BCUT2D eigenvalue weighted by molar-refractivity contribution is 5.14. The minimum atomic E-state index is -0.150. The molecule has 0 bridgehead atoms. The van der Waals surface area contributed by atoms with Gasteiger partial charge in [0.25, 0.3) is 0 Å². The molecule has 15 heavy (non-hydrogen) atoms. The van der Waals surface area contributed by atoms with Crippen LogP contribution in [-0.2, 0) is 0 Å². The van der Waals surface area contributed by atoms with Crippen LogP contribution in [0.1, 0.15) is 44.0 Å². The quantitative estimate of drug-likeness (QED) is 0.792. The zero-order chi connectivity index (χ0) is 11.5. The van der Waals surface area contributed by atoms with Crippen molar-refractivity contribution in [2.24, 2.45) is 11.5 Å². The van der Waals surface area contributed by atoms with Crippen molar-refractivity contribution in [3.05, 3.63) is 29.6 Å². The molecule has 0 saturated heterocycles. The first kappa shape index (κ1) is 12.1. The van der Waals surface area contributed by atoms with Gasteiger partial charge in [-0.15, -0.1) is 0 Å². The monoisotopic (exact) mass is 207 g/mol. The molecule has 0 spiro atoms. The maximum atomic E-state index is 6.03. The SMILES string of the molecule is Cc1ccc(C(N)CCC(C)(C)N)nc1. The van der Waals surface area contributed by atoms with Crippen LogP contribution in [-0.4, -0.2) is 10.5 Å². The summed E-state index contributed by atoms with van der Waals surface area (Å²) in [4.78, 5) is 4.31. The molecule has 1 aromatic rings. The Hall–Kier alpha value is -0.930. The first-order chi connectivity index (χ1) is 6.88. The normalized spacial score (nSPS) is 13.9. The van der Waals surface area contributed by atoms with E-state index in [1.807, 2.05) is 39.1 Å². The van der Waals surface area contributed by atoms with Crippen LogP contribution in [0.4, 0.5) is 0 Å². The van der Waals surface area contributed by atoms with Crippen molar-refractivity contribution in [3.8, 4) is 0 Å². The van der Waals surface area contributed by atoms with Gasteiger partial charge in [-0.2, -0.15) is 0 Å². The Morgan fingerprint density at radius 1 is 1.40 bits per heavy atom. The minimum absolute atomic E-state index is 0.00609. The largest absolute Gasteiger partial charge is 0.326 e. The fourth-order valence-electron chi connectivity index (χ4n) is 1.37. The number of pyridine rings is 1. The lowest BCUT2D eigenvalue weighted by atomic mass is 9.96. The summed E-state index contributed by atoms with van der Waals surface area (Å²) >= 11 is 0. The van der Waals surface area contributed by atoms with Gasteiger partial charge in [0, 0.05) is 17.8 Å². The Morgan fingerprint density at radius 3 is 2.53 bits per heavy atom. The first-order valence-electron chi connectivity index (χ1n) is 5.35. The van der Waals surface area contributed by atoms with E-state index in [1.54, 1.807) is 0 Å². The van der Waals surface area contributed by atoms with E-state index in [4.69, 9.17) is 11.5 Å². The van der Waals surface area contributed by atoms with Gasteiger partial charge in [-0.3, -0.25) is 4.98 Å². The minimum Gasteiger partial charge on any atom is -0.326 e. The summed E-state index contributed by atoms with van der Waals surface area (Å²) < 4.78 is 0. The van der Waals surface area contributed by atoms with Crippen molar-refractivity contribution in [2.75, 3.05) is 0 Å². The van der Waals surface area contributed by atoms with Crippen LogP contribution in [0, 0.1) is 6.92 Å². The number of nitrogens with zero attached hydrogens (tertiary/aromatic N) is 1. The van der Waals surface area contributed by atoms with Crippen molar-refractivity contribution in [1.82, 2.24) is 4.98 Å². The zero-order valence-corrected chi connectivity index (χ0v) is 9.83. The Labute approximate surface area is 91.9 Å². The van der Waals surface area contributed by atoms with E-state index in [2.05, 4.69) is 4.98 Å². The average Bonchev–Trinajstić information content (AvgIpc) is 2.14. The summed E-state index contributed by atoms with van der Waals surface area (Å²) in [5.41, 5.74) is 13.9. The fraction of sp³-hybridized carbons (Fsp3) is 0.583. The van der Waals surface area contributed by atoms with Gasteiger partial charge in [0.1, 0.15) is 0 Å². The van der Waals surface area contributed by atoms with Crippen molar-refractivity contribution >= 4 is 0 Å². The highest BCUT2D eigenvalue weighted by atomic mass is 14.8. The van der Waals surface area contributed by atoms with Gasteiger partial charge in [0.15, 0.2) is 0 Å². The van der Waals surface area contributed by atoms with Gasteiger partial charge in [0.05, 0.1) is 5.69 Å². The van der Waals surface area contributed by atoms with Gasteiger partial charge < -0.3 is 11.5 Å². The summed E-state index contributed by atoms with van der Waals surface area (Å²) in [7, 11) is 0. The lowest BCUT2D eigenvalue weighted by Gasteiger charge is -2.20. The Morgan fingerprint density at radius 2 is 2.07 bits per heavy atom. The third kappa shape index (κ3) is 4.40. The van der Waals surface area contributed by atoms with E-state index in [9.17, 15) is 0 Å². The van der Waals surface area contributed by atoms with E-state index in [1.165, 1.54) is 0 Å². The molecule has 3 heteroatoms. The molecular weight excluding hydrogens is 186 g/mol. The molecule has 1 unspecified atom stereocenters. The second-order valence-corrected chi connectivity index (χ2v) is 4.89. The van der Waals surface area contributed by atoms with Crippen LogP contribution >= 0.6 is 0 Å². The topological polar surface area (TPSA) is 64.9 Å². The summed E-state index contributed by atoms with van der Waals surface area (Å²) in [6, 6.07) is 4.02. The second kappa shape index (κ2) is 4.73. The number of nitrogens with two attached hydrogens (primary N) is 2. The summed E-state index contributed by atoms with van der Waals surface area (Å²) in [6.45, 7) is 6.05. The third-order valence-electron chi connectivity index (χ3n) is 2.41. The first-order valence-corrected chi connectivity index (χ1v) is 5.35. The predicted octanol–water partition coefficient (Wildman–Crippen LogP) is 1.91. The number of hydrogen-bond donors (Lipinski definition) is 2. The molecule has 84 valence electrons. The van der Waals surface area contributed by atoms with Gasteiger partial charge in [-0.05, 0) is 45.2 Å². The number of hydrogen-bond acceptors (Lipinski definition) is 3. The highest BCUT2D eigenvalue weighted by Gasteiger charge is 2.14. The van der Waals surface area contributed by atoms with E-state index in [0.717, 1.165) is 24.1 Å². The average molecular weight is 207 g/mol. The van der Waals surface area contributed by atoms with E-state index < -0.39 is 0 Å². The molecule has 1 rings (SSSR count). The lowest BCUT2D eigenvalue weighted by Crippen LogP contribution is -2.32. The standard InChI is InChI=1S/C12H21N3/c1-9-4-5-11(15-8-9)10(13)6-7-12(2,3)14/h4-5,8,10H,6-7,13-14H2,1-3H3. The molecule has 3 nitrogen and oxygen atoms in total. The molecule has 4 N–H and O–H groups in total. The highest BCUT2D eigenvalue weighted by Crippen LogP contribution is 2.17. The number of aryl methyl sites for hydroxylation is 1. The smallest absolute Gasteiger partial charge is 0.0571 e. The van der Waals surface area contributed by atoms with Crippen LogP contribution in [0.5, 0.6) is 0 Å². The van der Waals surface area contributed by atoms with Gasteiger partial charge in [-0.1, -0.05) is 6.07 Å². The zero-order valence-electron chi connectivity index (χ0n) is 9.83. The van der Waals surface area contributed by atoms with Gasteiger partial charge in [-0.25, -0.2) is 0 Å². The molecule has 0 aromatic carbocycles. The molecule has 0 saturated carbocycles. The number of aromatic nitrogens is 1. The molecule has 1 atom stereocenters. The number of rotatable bonds is 4. The van der Waals surface area contributed by atoms with E-state index >= 15 is 0 Å². The van der Waals surface area contributed by atoms with Crippen LogP contribution in [0.25, 0.3) is 0 Å². The van der Waals surface area contributed by atoms with Crippen molar-refractivity contribution in [2.45, 2.75) is 45.2 Å². The van der Waals surface area contributed by atoms with E-state index in [0.29, 0.717) is 0 Å². The molecule has 0 amide bonds. The molecule has 1 aromatic heterocycles. The maximum absolute atomic E-state index is 6.03. The predicted molar refractivity (Wildman–Crippen MR) is 63.4 cm³/mol. The molecule has 0 aliphatic heterocycles. The molecule has 1 heterocycles. The van der Waals surface area contributed by atoms with Crippen LogP contribution in [0.15, 0.2) is 18.3 Å². The maximum Gasteiger partial charge on any atom is 0.0571 e. The Balaban J connectivity index is 2.54. The molecular formula is C12H21N3. The van der Waals surface area contributed by atoms with Gasteiger partial charge >= 0.3 is 0 Å². The Bertz CT molecular complexity index is 298. The summed E-state index contributed by atoms with van der Waals surface area (Å²) in [6.07, 6.45) is 3.63. The van der Waals surface area contributed by atoms with Crippen LogP contribution in [0.3, 0.4) is 0 Å². The third-order valence-corrected chi connectivity index (χ3v) is 2.41. The van der Waals surface area contributed by atoms with Crippen molar-refractivity contribution < 1.29 is 0 Å². The van der Waals surface area contributed by atoms with E-state index in [-0.39, 0.29) is 11.6 Å². The fourth-order valence-corrected chi connectivity index (χ4v) is 1.37. The van der Waals surface area contributed by atoms with Crippen LogP contribution in [0.2, 0.25) is 0 Å². The summed E-state index contributed by atoms with van der Waals surface area (Å²) in [5, 5.41) is 0. The lowest BCUT2D eigenvalue weighted by molar-refractivity contribution is 0.430. The second-order valence-electron chi connectivity index (χ2n) is 4.89. The molecule has 0 fully saturated rings. The molecule has 0 aliphatic carbocycles. The summed E-state index contributed by atoms with van der Waals surface area (Å²) in [5.74, 6) is 0. The van der Waals surface area contributed by atoms with Crippen LogP contribution < -0.4 is 11.5 Å². The van der Waals surface area contributed by atoms with Crippen molar-refractivity contribution in [1.29, 1.82) is 0 Å².